The van der Waals surface area contributed by atoms with Gasteiger partial charge in [0.25, 0.3) is 0 Å². The van der Waals surface area contributed by atoms with Crippen LogP contribution >= 0.6 is 0 Å². The maximum atomic E-state index is 13.6. The zero-order chi connectivity index (χ0) is 32.2. The van der Waals surface area contributed by atoms with Crippen molar-refractivity contribution < 1.29 is 38.5 Å². The van der Waals surface area contributed by atoms with Gasteiger partial charge in [-0.1, -0.05) is 68.5 Å². The van der Waals surface area contributed by atoms with Gasteiger partial charge in [-0.25, -0.2) is 9.59 Å². The fourth-order valence-electron chi connectivity index (χ4n) is 6.23. The minimum absolute atomic E-state index is 0.102. The number of fused-ring (bicyclic) bond motifs is 1. The van der Waals surface area contributed by atoms with Gasteiger partial charge < -0.3 is 19.3 Å². The first kappa shape index (κ1) is 32.9. The largest absolute Gasteiger partial charge is 0.459 e. The first-order valence-corrected chi connectivity index (χ1v) is 15.1. The lowest BCUT2D eigenvalue weighted by Gasteiger charge is -2.40. The monoisotopic (exact) mass is 602 g/mol. The van der Waals surface area contributed by atoms with E-state index in [2.05, 4.69) is 0 Å². The van der Waals surface area contributed by atoms with Crippen molar-refractivity contribution >= 4 is 23.7 Å². The van der Waals surface area contributed by atoms with Crippen molar-refractivity contribution in [2.24, 2.45) is 23.2 Å². The van der Waals surface area contributed by atoms with Crippen molar-refractivity contribution in [3.8, 4) is 0 Å². The van der Waals surface area contributed by atoms with E-state index in [9.17, 15) is 24.3 Å². The third-order valence-corrected chi connectivity index (χ3v) is 8.77. The van der Waals surface area contributed by atoms with Crippen LogP contribution in [0.5, 0.6) is 0 Å². The van der Waals surface area contributed by atoms with E-state index in [0.717, 1.165) is 0 Å². The van der Waals surface area contributed by atoms with E-state index in [1.165, 1.54) is 6.92 Å². The molecule has 2 aromatic carbocycles. The molecule has 234 valence electrons. The average Bonchev–Trinajstić information content (AvgIpc) is 3.22. The highest BCUT2D eigenvalue weighted by Gasteiger charge is 2.58. The number of ketones is 1. The minimum Gasteiger partial charge on any atom is -0.459 e. The molecule has 2 aliphatic carbocycles. The molecule has 0 amide bonds. The van der Waals surface area contributed by atoms with Crippen molar-refractivity contribution in [2.45, 2.75) is 78.3 Å². The summed E-state index contributed by atoms with van der Waals surface area (Å²) < 4.78 is 17.8. The van der Waals surface area contributed by atoms with Gasteiger partial charge in [0.15, 0.2) is 0 Å². The number of hydrogen-bond donors (Lipinski definition) is 1. The molecule has 3 unspecified atom stereocenters. The Balaban J connectivity index is 1.83. The Labute approximate surface area is 259 Å². The molecule has 4 rings (SSSR count). The maximum absolute atomic E-state index is 13.6. The first-order chi connectivity index (χ1) is 20.7. The second-order valence-corrected chi connectivity index (χ2v) is 12.7. The summed E-state index contributed by atoms with van der Waals surface area (Å²) in [5.41, 5.74) is -1.39. The lowest BCUT2D eigenvalue weighted by Crippen LogP contribution is -2.52. The zero-order valence-corrected chi connectivity index (χ0v) is 26.2. The van der Waals surface area contributed by atoms with Crippen LogP contribution in [-0.4, -0.2) is 52.7 Å². The smallest absolute Gasteiger partial charge is 0.338 e. The predicted molar refractivity (Wildman–Crippen MR) is 165 cm³/mol. The molecule has 7 atom stereocenters. The highest BCUT2D eigenvalue weighted by atomic mass is 16.6. The van der Waals surface area contributed by atoms with Crippen LogP contribution in [0, 0.1) is 23.2 Å². The number of aliphatic hydroxyl groups is 1. The van der Waals surface area contributed by atoms with Crippen LogP contribution in [0.4, 0.5) is 0 Å². The molecular weight excluding hydrogens is 560 g/mol. The first-order valence-electron chi connectivity index (χ1n) is 15.1. The molecule has 0 radical (unpaired) electrons. The van der Waals surface area contributed by atoms with Crippen LogP contribution in [0.25, 0.3) is 0 Å². The fraction of sp³-hybridized carbons (Fsp3) is 0.444. The average molecular weight is 603 g/mol. The van der Waals surface area contributed by atoms with E-state index >= 15 is 0 Å². The third kappa shape index (κ3) is 7.18. The number of Topliss-reactive ketones (excluding diaryl/α,β-unsaturated/α-hetero) is 1. The molecule has 1 fully saturated rings. The maximum Gasteiger partial charge on any atom is 0.338 e. The Morgan fingerprint density at radius 3 is 1.95 bits per heavy atom. The van der Waals surface area contributed by atoms with Gasteiger partial charge in [0, 0.05) is 30.6 Å². The van der Waals surface area contributed by atoms with Gasteiger partial charge in [-0.15, -0.1) is 0 Å². The van der Waals surface area contributed by atoms with Crippen molar-refractivity contribution in [1.82, 2.24) is 0 Å². The molecule has 44 heavy (non-hydrogen) atoms. The molecule has 0 bridgehead atoms. The lowest BCUT2D eigenvalue weighted by atomic mass is 9.75. The number of allylic oxidation sites excluding steroid dienone is 1. The zero-order valence-electron chi connectivity index (χ0n) is 26.2. The van der Waals surface area contributed by atoms with Crippen molar-refractivity contribution in [2.75, 3.05) is 0 Å². The van der Waals surface area contributed by atoms with Gasteiger partial charge in [0.1, 0.15) is 29.7 Å². The Morgan fingerprint density at radius 2 is 1.41 bits per heavy atom. The molecule has 0 spiro atoms. The minimum atomic E-state index is -1.65. The van der Waals surface area contributed by atoms with E-state index in [-0.39, 0.29) is 24.5 Å². The second-order valence-electron chi connectivity index (χ2n) is 12.7. The van der Waals surface area contributed by atoms with E-state index in [1.54, 1.807) is 99.7 Å². The van der Waals surface area contributed by atoms with Crippen LogP contribution in [0.1, 0.15) is 75.1 Å². The van der Waals surface area contributed by atoms with Gasteiger partial charge in [-0.2, -0.15) is 0 Å². The molecule has 1 N–H and O–H groups in total. The number of rotatable bonds is 5. The lowest BCUT2D eigenvalue weighted by molar-refractivity contribution is -0.173. The Morgan fingerprint density at radius 1 is 0.864 bits per heavy atom. The van der Waals surface area contributed by atoms with Crippen molar-refractivity contribution in [3.05, 3.63) is 95.6 Å². The van der Waals surface area contributed by atoms with E-state index < -0.39 is 59.1 Å². The summed E-state index contributed by atoms with van der Waals surface area (Å²) >= 11 is 0. The topological polar surface area (TPSA) is 116 Å². The fourth-order valence-corrected chi connectivity index (χ4v) is 6.23. The molecule has 2 aromatic rings. The molecular formula is C36H42O8. The number of benzene rings is 2. The molecule has 0 heterocycles. The quantitative estimate of drug-likeness (QED) is 0.256. The highest BCUT2D eigenvalue weighted by molar-refractivity contribution is 5.91. The van der Waals surface area contributed by atoms with E-state index in [0.29, 0.717) is 16.7 Å². The number of esters is 3. The summed E-state index contributed by atoms with van der Waals surface area (Å²) in [6.07, 6.45) is 2.52. The van der Waals surface area contributed by atoms with Crippen LogP contribution in [0.2, 0.25) is 0 Å². The second kappa shape index (κ2) is 13.3. The van der Waals surface area contributed by atoms with E-state index in [4.69, 9.17) is 14.2 Å². The molecule has 1 saturated carbocycles. The number of carbonyl (C=O) groups is 4. The van der Waals surface area contributed by atoms with Gasteiger partial charge in [-0.3, -0.25) is 9.59 Å². The SMILES string of the molecule is CC(=O)OC1C(C)/C=C/C(C)(C)C(=O)C[C@@H](OC(=O)c2ccccc2)/C(C)=C\C2[C@@H](OC(=O)c3ccccc3)[C@H](C)C[C@]12O. The molecule has 8 heteroatoms. The van der Waals surface area contributed by atoms with Gasteiger partial charge in [-0.05, 0) is 62.9 Å². The van der Waals surface area contributed by atoms with Crippen LogP contribution in [0.15, 0.2) is 84.5 Å². The van der Waals surface area contributed by atoms with Gasteiger partial charge in [0.2, 0.25) is 0 Å². The Bertz CT molecular complexity index is 1430. The van der Waals surface area contributed by atoms with Gasteiger partial charge in [0.05, 0.1) is 11.1 Å². The molecule has 0 aromatic heterocycles. The summed E-state index contributed by atoms with van der Waals surface area (Å²) in [6, 6.07) is 17.1. The molecule has 8 nitrogen and oxygen atoms in total. The third-order valence-electron chi connectivity index (χ3n) is 8.77. The van der Waals surface area contributed by atoms with E-state index in [1.807, 2.05) is 13.8 Å². The summed E-state index contributed by atoms with van der Waals surface area (Å²) in [6.45, 7) is 10.3. The standard InChI is InChI=1S/C36H42O8/c1-22-17-18-35(5,6)30(38)20-29(43-33(39)26-13-9-7-10-14-26)23(2)19-28-31(44-34(40)27-15-11-8-12-16-27)24(3)21-36(28,41)32(22)42-25(4)37/h7-19,22,24,28-29,31-32,41H,20-21H2,1-6H3/b18-17+,23-19-/t22?,24-,28?,29-,31+,32?,36-/m1/s1. The summed E-state index contributed by atoms with van der Waals surface area (Å²) in [5, 5.41) is 12.5. The molecule has 2 aliphatic rings. The Hall–Kier alpha value is -4.04. The van der Waals surface area contributed by atoms with Gasteiger partial charge >= 0.3 is 17.9 Å². The predicted octanol–water partition coefficient (Wildman–Crippen LogP) is 5.89. The van der Waals surface area contributed by atoms with Crippen LogP contribution in [-0.2, 0) is 23.8 Å². The Kier molecular flexibility index (Phi) is 9.94. The summed E-state index contributed by atoms with van der Waals surface area (Å²) in [5.74, 6) is -3.55. The summed E-state index contributed by atoms with van der Waals surface area (Å²) in [4.78, 5) is 52.4. The van der Waals surface area contributed by atoms with Crippen molar-refractivity contribution in [3.63, 3.8) is 0 Å². The van der Waals surface area contributed by atoms with Crippen LogP contribution < -0.4 is 0 Å². The van der Waals surface area contributed by atoms with Crippen molar-refractivity contribution in [1.29, 1.82) is 0 Å². The molecule has 0 aliphatic heterocycles. The highest BCUT2D eigenvalue weighted by Crippen LogP contribution is 2.48. The normalized spacial score (nSPS) is 32.1. The summed E-state index contributed by atoms with van der Waals surface area (Å²) in [7, 11) is 0. The van der Waals surface area contributed by atoms with Crippen LogP contribution in [0.3, 0.4) is 0 Å². The number of hydrogen-bond acceptors (Lipinski definition) is 8. The molecule has 0 saturated heterocycles. The number of ether oxygens (including phenoxy) is 3. The number of carbonyl (C=O) groups excluding carboxylic acids is 4.